The lowest BCUT2D eigenvalue weighted by molar-refractivity contribution is 0.297. The Morgan fingerprint density at radius 3 is 2.59 bits per heavy atom. The Balaban J connectivity index is 1.97. The van der Waals surface area contributed by atoms with Crippen LogP contribution < -0.4 is 16.4 Å². The zero-order valence-corrected chi connectivity index (χ0v) is 13.0. The monoisotopic (exact) mass is 320 g/mol. The molecular formula is C15H17ClN4O2. The third-order valence-corrected chi connectivity index (χ3v) is 5.13. The van der Waals surface area contributed by atoms with Crippen molar-refractivity contribution in [3.63, 3.8) is 0 Å². The van der Waals surface area contributed by atoms with Crippen LogP contribution >= 0.6 is 11.6 Å². The Hall–Kier alpha value is -1.66. The van der Waals surface area contributed by atoms with Gasteiger partial charge in [0.05, 0.1) is 10.5 Å². The molecule has 116 valence electrons. The van der Waals surface area contributed by atoms with E-state index in [1.165, 1.54) is 10.8 Å². The van der Waals surface area contributed by atoms with E-state index in [0.29, 0.717) is 28.3 Å². The van der Waals surface area contributed by atoms with Gasteiger partial charge in [0.2, 0.25) is 0 Å². The number of hydrogen-bond acceptors (Lipinski definition) is 4. The second kappa shape index (κ2) is 4.93. The van der Waals surface area contributed by atoms with Crippen molar-refractivity contribution in [1.29, 1.82) is 0 Å². The highest BCUT2D eigenvalue weighted by atomic mass is 35.5. The smallest absolute Gasteiger partial charge is 0.311 e. The largest absolute Gasteiger partial charge is 0.318 e. The maximum atomic E-state index is 12.6. The van der Waals surface area contributed by atoms with E-state index in [1.54, 1.807) is 17.7 Å². The van der Waals surface area contributed by atoms with Crippen LogP contribution in [0.25, 0.3) is 11.2 Å². The Bertz CT molecular complexity index is 860. The van der Waals surface area contributed by atoms with Crippen LogP contribution in [0.5, 0.6) is 0 Å². The summed E-state index contributed by atoms with van der Waals surface area (Å²) in [7, 11) is 1.58. The zero-order chi connectivity index (χ0) is 15.4. The van der Waals surface area contributed by atoms with Gasteiger partial charge >= 0.3 is 11.1 Å². The first-order chi connectivity index (χ1) is 10.5. The molecular weight excluding hydrogens is 304 g/mol. The molecule has 4 heterocycles. The molecule has 22 heavy (non-hydrogen) atoms. The molecule has 0 radical (unpaired) electrons. The second-order valence-electron chi connectivity index (χ2n) is 6.30. The van der Waals surface area contributed by atoms with E-state index < -0.39 is 11.1 Å². The first-order valence-electron chi connectivity index (χ1n) is 7.57. The summed E-state index contributed by atoms with van der Waals surface area (Å²) in [5, 5.41) is 4.01. The molecule has 2 saturated heterocycles. The molecule has 2 aromatic rings. The van der Waals surface area contributed by atoms with Gasteiger partial charge in [0, 0.05) is 31.4 Å². The highest BCUT2D eigenvalue weighted by Gasteiger charge is 2.35. The van der Waals surface area contributed by atoms with Crippen LogP contribution in [0.4, 0.5) is 0 Å². The van der Waals surface area contributed by atoms with Crippen molar-refractivity contribution in [1.82, 2.24) is 19.4 Å². The van der Waals surface area contributed by atoms with E-state index in [4.69, 9.17) is 11.6 Å². The van der Waals surface area contributed by atoms with Crippen molar-refractivity contribution in [2.75, 3.05) is 0 Å². The number of halogens is 1. The van der Waals surface area contributed by atoms with Crippen molar-refractivity contribution in [3.05, 3.63) is 38.0 Å². The van der Waals surface area contributed by atoms with Crippen LogP contribution in [0, 0.1) is 0 Å². The molecule has 2 fully saturated rings. The fraction of sp³-hybridized carbons (Fsp3) is 0.533. The van der Waals surface area contributed by atoms with Crippen molar-refractivity contribution in [3.8, 4) is 0 Å². The summed E-state index contributed by atoms with van der Waals surface area (Å²) in [5.41, 5.74) is 0.129. The average molecular weight is 321 g/mol. The van der Waals surface area contributed by atoms with Crippen LogP contribution in [-0.4, -0.2) is 26.2 Å². The Kier molecular flexibility index (Phi) is 3.13. The molecule has 6 nitrogen and oxygen atoms in total. The normalized spacial score (nSPS) is 27.5. The summed E-state index contributed by atoms with van der Waals surface area (Å²) in [6.45, 7) is 0. The van der Waals surface area contributed by atoms with Crippen LogP contribution in [-0.2, 0) is 7.05 Å². The van der Waals surface area contributed by atoms with Crippen molar-refractivity contribution < 1.29 is 0 Å². The van der Waals surface area contributed by atoms with Gasteiger partial charge in [0.1, 0.15) is 0 Å². The van der Waals surface area contributed by atoms with Gasteiger partial charge in [-0.2, -0.15) is 0 Å². The highest BCUT2D eigenvalue weighted by molar-refractivity contribution is 6.31. The molecule has 2 bridgehead atoms. The standard InChI is InChI=1S/C15H17ClN4O2/c1-19-12-4-8(16)7-17-13(12)20(15(22)14(19)21)11-5-9-2-3-10(6-11)18-9/h4,7,9-11,18H,2-3,5-6H2,1H3/t9-,10+,11+. The Morgan fingerprint density at radius 2 is 1.91 bits per heavy atom. The zero-order valence-electron chi connectivity index (χ0n) is 12.3. The maximum Gasteiger partial charge on any atom is 0.318 e. The number of nitrogens with one attached hydrogen (secondary N) is 1. The lowest BCUT2D eigenvalue weighted by atomic mass is 9.99. The number of rotatable bonds is 1. The molecule has 0 spiro atoms. The molecule has 4 rings (SSSR count). The van der Waals surface area contributed by atoms with Gasteiger partial charge in [-0.3, -0.25) is 14.2 Å². The van der Waals surface area contributed by atoms with Crippen LogP contribution in [0.3, 0.4) is 0 Å². The molecule has 0 aliphatic carbocycles. The van der Waals surface area contributed by atoms with Crippen LogP contribution in [0.2, 0.25) is 5.02 Å². The fourth-order valence-electron chi connectivity index (χ4n) is 3.88. The summed E-state index contributed by atoms with van der Waals surface area (Å²) in [6, 6.07) is 2.58. The fourth-order valence-corrected chi connectivity index (χ4v) is 4.03. The van der Waals surface area contributed by atoms with Gasteiger partial charge in [-0.15, -0.1) is 0 Å². The molecule has 0 amide bonds. The Morgan fingerprint density at radius 1 is 1.23 bits per heavy atom. The number of aryl methyl sites for hydroxylation is 1. The minimum Gasteiger partial charge on any atom is -0.311 e. The number of fused-ring (bicyclic) bond motifs is 3. The predicted molar refractivity (Wildman–Crippen MR) is 84.5 cm³/mol. The summed E-state index contributed by atoms with van der Waals surface area (Å²) in [5.74, 6) is 0. The summed E-state index contributed by atoms with van der Waals surface area (Å²) >= 11 is 6.00. The number of hydrogen-bond donors (Lipinski definition) is 1. The third kappa shape index (κ3) is 2.01. The van der Waals surface area contributed by atoms with Crippen molar-refractivity contribution in [2.24, 2.45) is 7.05 Å². The van der Waals surface area contributed by atoms with E-state index in [2.05, 4.69) is 10.3 Å². The first-order valence-corrected chi connectivity index (χ1v) is 7.95. The molecule has 7 heteroatoms. The average Bonchev–Trinajstić information content (AvgIpc) is 2.84. The van der Waals surface area contributed by atoms with E-state index in [-0.39, 0.29) is 6.04 Å². The molecule has 3 atom stereocenters. The lowest BCUT2D eigenvalue weighted by Crippen LogP contribution is -2.46. The van der Waals surface area contributed by atoms with E-state index in [1.807, 2.05) is 0 Å². The number of aromatic nitrogens is 3. The maximum absolute atomic E-state index is 12.6. The van der Waals surface area contributed by atoms with E-state index in [0.717, 1.165) is 25.7 Å². The summed E-state index contributed by atoms with van der Waals surface area (Å²) in [6.07, 6.45) is 5.53. The molecule has 1 N–H and O–H groups in total. The predicted octanol–water partition coefficient (Wildman–Crippen LogP) is 1.20. The van der Waals surface area contributed by atoms with E-state index in [9.17, 15) is 9.59 Å². The van der Waals surface area contributed by atoms with Crippen LogP contribution in [0.1, 0.15) is 31.7 Å². The minimum absolute atomic E-state index is 0.0244. The van der Waals surface area contributed by atoms with Crippen molar-refractivity contribution in [2.45, 2.75) is 43.8 Å². The first kappa shape index (κ1) is 14.0. The molecule has 0 saturated carbocycles. The molecule has 2 aliphatic heterocycles. The molecule has 0 unspecified atom stereocenters. The van der Waals surface area contributed by atoms with Gasteiger partial charge in [0.15, 0.2) is 5.65 Å². The number of pyridine rings is 1. The quantitative estimate of drug-likeness (QED) is 0.802. The molecule has 0 aromatic carbocycles. The van der Waals surface area contributed by atoms with Gasteiger partial charge in [-0.1, -0.05) is 11.6 Å². The van der Waals surface area contributed by atoms with Gasteiger partial charge in [0.25, 0.3) is 0 Å². The van der Waals surface area contributed by atoms with Gasteiger partial charge in [-0.05, 0) is 31.7 Å². The second-order valence-corrected chi connectivity index (χ2v) is 6.74. The van der Waals surface area contributed by atoms with Crippen LogP contribution in [0.15, 0.2) is 21.9 Å². The highest BCUT2D eigenvalue weighted by Crippen LogP contribution is 2.34. The molecule has 2 aliphatic rings. The summed E-state index contributed by atoms with van der Waals surface area (Å²) < 4.78 is 2.93. The van der Waals surface area contributed by atoms with Crippen molar-refractivity contribution >= 4 is 22.8 Å². The van der Waals surface area contributed by atoms with Gasteiger partial charge < -0.3 is 9.88 Å². The van der Waals surface area contributed by atoms with E-state index >= 15 is 0 Å². The molecule has 2 aromatic heterocycles. The Labute approximate surface area is 131 Å². The third-order valence-electron chi connectivity index (χ3n) is 4.92. The number of piperidine rings is 1. The number of nitrogens with zero attached hydrogens (tertiary/aromatic N) is 3. The minimum atomic E-state index is -0.526. The van der Waals surface area contributed by atoms with Gasteiger partial charge in [-0.25, -0.2) is 4.98 Å². The SMILES string of the molecule is Cn1c(=O)c(=O)n([C@H]2C[C@H]3CC[C@@H](C2)N3)c2ncc(Cl)cc21. The topological polar surface area (TPSA) is 68.9 Å². The lowest BCUT2D eigenvalue weighted by Gasteiger charge is -2.31. The summed E-state index contributed by atoms with van der Waals surface area (Å²) in [4.78, 5) is 29.2.